The zero-order valence-electron chi connectivity index (χ0n) is 12.7. The maximum absolute atomic E-state index is 11.8. The van der Waals surface area contributed by atoms with Gasteiger partial charge in [0.15, 0.2) is 5.76 Å². The molecule has 7 heteroatoms. The fourth-order valence-corrected chi connectivity index (χ4v) is 3.34. The van der Waals surface area contributed by atoms with Crippen LogP contribution in [0.5, 0.6) is 0 Å². The van der Waals surface area contributed by atoms with Gasteiger partial charge in [0.25, 0.3) is 0 Å². The zero-order valence-corrected chi connectivity index (χ0v) is 15.0. The minimum Gasteiger partial charge on any atom is -0.466 e. The summed E-state index contributed by atoms with van der Waals surface area (Å²) in [6, 6.07) is 10.8. The summed E-state index contributed by atoms with van der Waals surface area (Å²) in [6.45, 7) is 2.08. The van der Waals surface area contributed by atoms with Crippen LogP contribution in [0.4, 0.5) is 0 Å². The number of halogens is 2. The van der Waals surface area contributed by atoms with Gasteiger partial charge in [-0.05, 0) is 43.3 Å². The number of rotatable bonds is 5. The Morgan fingerprint density at radius 2 is 1.96 bits per heavy atom. The Labute approximate surface area is 153 Å². The normalized spacial score (nSPS) is 10.8. The molecule has 0 aliphatic carbocycles. The van der Waals surface area contributed by atoms with Crippen molar-refractivity contribution in [3.8, 4) is 22.1 Å². The third-order valence-electron chi connectivity index (χ3n) is 3.20. The monoisotopic (exact) mass is 381 g/mol. The van der Waals surface area contributed by atoms with Crippen LogP contribution in [-0.2, 0) is 16.0 Å². The summed E-state index contributed by atoms with van der Waals surface area (Å²) in [5.41, 5.74) is 1.30. The number of hydrogen-bond donors (Lipinski definition) is 0. The van der Waals surface area contributed by atoms with Gasteiger partial charge in [-0.15, -0.1) is 11.3 Å². The van der Waals surface area contributed by atoms with E-state index in [1.807, 2.05) is 18.2 Å². The van der Waals surface area contributed by atoms with Gasteiger partial charge in [-0.25, -0.2) is 4.98 Å². The van der Waals surface area contributed by atoms with Crippen LogP contribution < -0.4 is 0 Å². The molecule has 0 amide bonds. The molecule has 0 saturated carbocycles. The number of aromatic nitrogens is 1. The predicted octanol–water partition coefficient (Wildman–Crippen LogP) is 5.48. The van der Waals surface area contributed by atoms with Gasteiger partial charge in [-0.3, -0.25) is 4.79 Å². The van der Waals surface area contributed by atoms with Crippen LogP contribution >= 0.6 is 34.5 Å². The summed E-state index contributed by atoms with van der Waals surface area (Å²) in [7, 11) is 0. The molecule has 0 aliphatic rings. The van der Waals surface area contributed by atoms with E-state index >= 15 is 0 Å². The lowest BCUT2D eigenvalue weighted by Gasteiger charge is -2.00. The van der Waals surface area contributed by atoms with E-state index in [-0.39, 0.29) is 12.4 Å². The first-order chi connectivity index (χ1) is 11.6. The van der Waals surface area contributed by atoms with Crippen LogP contribution in [0.3, 0.4) is 0 Å². The Morgan fingerprint density at radius 3 is 2.58 bits per heavy atom. The van der Waals surface area contributed by atoms with Crippen molar-refractivity contribution >= 4 is 40.5 Å². The average molecular weight is 382 g/mol. The highest BCUT2D eigenvalue weighted by atomic mass is 35.5. The second-order valence-corrected chi connectivity index (χ2v) is 7.04. The Balaban J connectivity index is 2.01. The van der Waals surface area contributed by atoms with E-state index in [1.54, 1.807) is 25.1 Å². The molecule has 24 heavy (non-hydrogen) atoms. The lowest BCUT2D eigenvalue weighted by atomic mass is 10.2. The fourth-order valence-electron chi connectivity index (χ4n) is 2.17. The standard InChI is InChI=1S/C17H13Cl2NO3S/c1-2-22-15(21)9-12-16(13-7-8-14(19)24-13)23-17(20-12)10-3-5-11(18)6-4-10/h3-8H,2,9H2,1H3. The molecule has 0 unspecified atom stereocenters. The van der Waals surface area contributed by atoms with E-state index in [0.717, 1.165) is 10.4 Å². The van der Waals surface area contributed by atoms with E-state index in [0.29, 0.717) is 33.3 Å². The minimum atomic E-state index is -0.350. The van der Waals surface area contributed by atoms with Gasteiger partial charge in [0.05, 0.1) is 27.9 Å². The van der Waals surface area contributed by atoms with Gasteiger partial charge >= 0.3 is 5.97 Å². The predicted molar refractivity (Wildman–Crippen MR) is 95.6 cm³/mol. The second kappa shape index (κ2) is 7.38. The molecule has 0 radical (unpaired) electrons. The summed E-state index contributed by atoms with van der Waals surface area (Å²) in [5.74, 6) is 0.604. The van der Waals surface area contributed by atoms with Crippen molar-refractivity contribution in [1.82, 2.24) is 4.98 Å². The van der Waals surface area contributed by atoms with Gasteiger partial charge in [0.1, 0.15) is 0 Å². The molecule has 0 bridgehead atoms. The van der Waals surface area contributed by atoms with Crippen molar-refractivity contribution in [3.63, 3.8) is 0 Å². The van der Waals surface area contributed by atoms with Crippen LogP contribution in [0.15, 0.2) is 40.8 Å². The van der Waals surface area contributed by atoms with Crippen molar-refractivity contribution in [2.24, 2.45) is 0 Å². The second-order valence-electron chi connectivity index (χ2n) is 4.89. The molecule has 0 spiro atoms. The maximum Gasteiger partial charge on any atom is 0.312 e. The van der Waals surface area contributed by atoms with Crippen LogP contribution in [0, 0.1) is 0 Å². The number of ether oxygens (including phenoxy) is 1. The van der Waals surface area contributed by atoms with Crippen LogP contribution in [0.25, 0.3) is 22.1 Å². The van der Waals surface area contributed by atoms with Crippen LogP contribution in [0.2, 0.25) is 9.36 Å². The molecule has 2 heterocycles. The lowest BCUT2D eigenvalue weighted by Crippen LogP contribution is -2.08. The number of oxazole rings is 1. The summed E-state index contributed by atoms with van der Waals surface area (Å²) < 4.78 is 11.6. The summed E-state index contributed by atoms with van der Waals surface area (Å²) in [5, 5.41) is 0.627. The van der Waals surface area contributed by atoms with Gasteiger partial charge in [-0.2, -0.15) is 0 Å². The Bertz CT molecular complexity index is 855. The van der Waals surface area contributed by atoms with Gasteiger partial charge in [0, 0.05) is 10.6 Å². The van der Waals surface area contributed by atoms with E-state index in [1.165, 1.54) is 11.3 Å². The number of hydrogen-bond acceptors (Lipinski definition) is 5. The molecule has 1 aromatic carbocycles. The number of carbonyl (C=O) groups excluding carboxylic acids is 1. The van der Waals surface area contributed by atoms with Crippen LogP contribution in [-0.4, -0.2) is 17.6 Å². The molecule has 124 valence electrons. The molecule has 0 saturated heterocycles. The van der Waals surface area contributed by atoms with E-state index in [2.05, 4.69) is 4.98 Å². The van der Waals surface area contributed by atoms with E-state index in [4.69, 9.17) is 32.4 Å². The first kappa shape index (κ1) is 17.0. The first-order valence-electron chi connectivity index (χ1n) is 7.23. The summed E-state index contributed by atoms with van der Waals surface area (Å²) in [4.78, 5) is 17.1. The largest absolute Gasteiger partial charge is 0.466 e. The molecule has 4 nitrogen and oxygen atoms in total. The van der Waals surface area contributed by atoms with Gasteiger partial charge in [0.2, 0.25) is 5.89 Å². The third kappa shape index (κ3) is 3.80. The Kier molecular flexibility index (Phi) is 5.23. The van der Waals surface area contributed by atoms with E-state index in [9.17, 15) is 4.79 Å². The van der Waals surface area contributed by atoms with Crippen molar-refractivity contribution in [3.05, 3.63) is 51.5 Å². The number of thiophene rings is 1. The highest BCUT2D eigenvalue weighted by Crippen LogP contribution is 2.36. The molecule has 0 fully saturated rings. The molecule has 3 rings (SSSR count). The molecular weight excluding hydrogens is 369 g/mol. The number of benzene rings is 1. The Morgan fingerprint density at radius 1 is 1.21 bits per heavy atom. The fraction of sp³-hybridized carbons (Fsp3) is 0.176. The molecule has 0 N–H and O–H groups in total. The van der Waals surface area contributed by atoms with E-state index < -0.39 is 0 Å². The quantitative estimate of drug-likeness (QED) is 0.548. The van der Waals surface area contributed by atoms with Gasteiger partial charge in [-0.1, -0.05) is 23.2 Å². The third-order valence-corrected chi connectivity index (χ3v) is 4.68. The zero-order chi connectivity index (χ0) is 17.1. The van der Waals surface area contributed by atoms with Gasteiger partial charge < -0.3 is 9.15 Å². The molecule has 0 atom stereocenters. The van der Waals surface area contributed by atoms with Crippen LogP contribution in [0.1, 0.15) is 12.6 Å². The SMILES string of the molecule is CCOC(=O)Cc1nc(-c2ccc(Cl)cc2)oc1-c1ccc(Cl)s1. The van der Waals surface area contributed by atoms with Crippen molar-refractivity contribution in [2.75, 3.05) is 6.61 Å². The van der Waals surface area contributed by atoms with Crippen molar-refractivity contribution in [1.29, 1.82) is 0 Å². The number of esters is 1. The highest BCUT2D eigenvalue weighted by Gasteiger charge is 2.20. The summed E-state index contributed by atoms with van der Waals surface area (Å²) in [6.07, 6.45) is 0.0375. The van der Waals surface area contributed by atoms with Crippen molar-refractivity contribution < 1.29 is 13.9 Å². The lowest BCUT2D eigenvalue weighted by molar-refractivity contribution is -0.142. The first-order valence-corrected chi connectivity index (χ1v) is 8.81. The number of carbonyl (C=O) groups is 1. The topological polar surface area (TPSA) is 52.3 Å². The molecule has 3 aromatic rings. The molecule has 0 aliphatic heterocycles. The Hall–Kier alpha value is -1.82. The molecular formula is C17H13Cl2NO3S. The maximum atomic E-state index is 11.8. The average Bonchev–Trinajstić information content (AvgIpc) is 3.14. The number of nitrogens with zero attached hydrogens (tertiary/aromatic N) is 1. The summed E-state index contributed by atoms with van der Waals surface area (Å²) >= 11 is 13.3. The van der Waals surface area contributed by atoms with Crippen molar-refractivity contribution in [2.45, 2.75) is 13.3 Å². The minimum absolute atomic E-state index is 0.0375. The highest BCUT2D eigenvalue weighted by molar-refractivity contribution is 7.19. The smallest absolute Gasteiger partial charge is 0.312 e. The molecule has 2 aromatic heterocycles.